The zero-order valence-corrected chi connectivity index (χ0v) is 9.33. The first-order valence-electron chi connectivity index (χ1n) is 4.43. The summed E-state index contributed by atoms with van der Waals surface area (Å²) >= 11 is 0. The second kappa shape index (κ2) is 6.50. The number of phenolic OH excluding ortho intramolecular Hbond substituents is 1. The van der Waals surface area contributed by atoms with E-state index in [1.54, 1.807) is 18.2 Å². The fourth-order valence-corrected chi connectivity index (χ4v) is 1.30. The Bertz CT molecular complexity index is 307. The zero-order valence-electron chi connectivity index (χ0n) is 8.51. The molecule has 0 bridgehead atoms. The Balaban J connectivity index is 0.00000196. The fourth-order valence-electron chi connectivity index (χ4n) is 1.30. The monoisotopic (exact) mass is 233 g/mol. The number of nitrogens with two attached hydrogens (primary N) is 1. The van der Waals surface area contributed by atoms with Crippen LogP contribution in [-0.2, 0) is 0 Å². The van der Waals surface area contributed by atoms with Crippen molar-refractivity contribution >= 4 is 12.4 Å². The topological polar surface area (TPSA) is 75.7 Å². The van der Waals surface area contributed by atoms with Gasteiger partial charge in [0.2, 0.25) is 0 Å². The van der Waals surface area contributed by atoms with Gasteiger partial charge in [-0.2, -0.15) is 0 Å². The van der Waals surface area contributed by atoms with Gasteiger partial charge in [0, 0.05) is 18.2 Å². The Morgan fingerprint density at radius 2 is 2.13 bits per heavy atom. The Morgan fingerprint density at radius 3 is 2.67 bits per heavy atom. The van der Waals surface area contributed by atoms with E-state index in [0.29, 0.717) is 17.7 Å². The first-order valence-corrected chi connectivity index (χ1v) is 4.43. The maximum Gasteiger partial charge on any atom is 0.162 e. The minimum Gasteiger partial charge on any atom is -0.504 e. The van der Waals surface area contributed by atoms with Gasteiger partial charge in [-0.25, -0.2) is 0 Å². The van der Waals surface area contributed by atoms with Crippen LogP contribution in [0.5, 0.6) is 11.5 Å². The van der Waals surface area contributed by atoms with Gasteiger partial charge in [-0.1, -0.05) is 12.1 Å². The van der Waals surface area contributed by atoms with E-state index < -0.39 is 0 Å². The van der Waals surface area contributed by atoms with E-state index in [1.807, 2.05) is 0 Å². The summed E-state index contributed by atoms with van der Waals surface area (Å²) in [4.78, 5) is 0. The molecule has 1 unspecified atom stereocenters. The van der Waals surface area contributed by atoms with Crippen LogP contribution in [0, 0.1) is 0 Å². The average molecular weight is 234 g/mol. The van der Waals surface area contributed by atoms with Crippen LogP contribution in [0.3, 0.4) is 0 Å². The maximum absolute atomic E-state index is 9.70. The Kier molecular flexibility index (Phi) is 6.08. The van der Waals surface area contributed by atoms with Crippen molar-refractivity contribution in [2.24, 2.45) is 5.73 Å². The third-order valence-corrected chi connectivity index (χ3v) is 2.09. The molecule has 15 heavy (non-hydrogen) atoms. The lowest BCUT2D eigenvalue weighted by Crippen LogP contribution is -2.12. The summed E-state index contributed by atoms with van der Waals surface area (Å²) < 4.78 is 4.95. The molecule has 0 aromatic heterocycles. The summed E-state index contributed by atoms with van der Waals surface area (Å²) in [6.07, 6.45) is 0.417. The summed E-state index contributed by atoms with van der Waals surface area (Å²) in [5, 5.41) is 18.4. The molecule has 0 heterocycles. The highest BCUT2D eigenvalue weighted by molar-refractivity contribution is 5.85. The fraction of sp³-hybridized carbons (Fsp3) is 0.400. The molecule has 4 N–H and O–H groups in total. The van der Waals surface area contributed by atoms with E-state index in [2.05, 4.69) is 0 Å². The smallest absolute Gasteiger partial charge is 0.162 e. The van der Waals surface area contributed by atoms with E-state index in [-0.39, 0.29) is 30.8 Å². The normalized spacial score (nSPS) is 11.7. The van der Waals surface area contributed by atoms with Crippen LogP contribution in [-0.4, -0.2) is 23.9 Å². The Labute approximate surface area is 95.1 Å². The summed E-state index contributed by atoms with van der Waals surface area (Å²) in [6.45, 7) is -0.00217. The lowest BCUT2D eigenvalue weighted by Gasteiger charge is -2.14. The van der Waals surface area contributed by atoms with Crippen LogP contribution in [0.1, 0.15) is 18.0 Å². The minimum absolute atomic E-state index is 0. The molecule has 0 saturated heterocycles. The van der Waals surface area contributed by atoms with Crippen LogP contribution in [0.15, 0.2) is 18.2 Å². The van der Waals surface area contributed by atoms with Gasteiger partial charge in [0.25, 0.3) is 0 Å². The van der Waals surface area contributed by atoms with Crippen molar-refractivity contribution in [2.75, 3.05) is 13.7 Å². The number of para-hydroxylation sites is 1. The van der Waals surface area contributed by atoms with Crippen LogP contribution in [0.4, 0.5) is 0 Å². The number of halogens is 1. The van der Waals surface area contributed by atoms with Crippen LogP contribution in [0.25, 0.3) is 0 Å². The van der Waals surface area contributed by atoms with Gasteiger partial charge < -0.3 is 20.7 Å². The van der Waals surface area contributed by atoms with Crippen molar-refractivity contribution in [3.63, 3.8) is 0 Å². The number of methoxy groups -OCH3 is 1. The number of phenols is 1. The van der Waals surface area contributed by atoms with E-state index in [1.165, 1.54) is 7.11 Å². The van der Waals surface area contributed by atoms with Crippen LogP contribution in [0.2, 0.25) is 0 Å². The highest BCUT2D eigenvalue weighted by Crippen LogP contribution is 2.33. The van der Waals surface area contributed by atoms with Crippen molar-refractivity contribution in [2.45, 2.75) is 12.5 Å². The molecule has 0 saturated carbocycles. The lowest BCUT2D eigenvalue weighted by atomic mass is 10.0. The molecule has 1 aromatic carbocycles. The number of aliphatic hydroxyl groups excluding tert-OH is 1. The third kappa shape index (κ3) is 3.27. The quantitative estimate of drug-likeness (QED) is 0.731. The number of rotatable bonds is 4. The lowest BCUT2D eigenvalue weighted by molar-refractivity contribution is 0.275. The van der Waals surface area contributed by atoms with E-state index >= 15 is 0 Å². The number of hydrogen-bond donors (Lipinski definition) is 3. The summed E-state index contributed by atoms with van der Waals surface area (Å²) in [6, 6.07) is 4.77. The molecule has 0 spiro atoms. The Morgan fingerprint density at radius 1 is 1.47 bits per heavy atom. The predicted molar refractivity (Wildman–Crippen MR) is 60.5 cm³/mol. The molecule has 0 aliphatic heterocycles. The zero-order chi connectivity index (χ0) is 10.6. The number of benzene rings is 1. The van der Waals surface area contributed by atoms with Crippen molar-refractivity contribution < 1.29 is 14.9 Å². The summed E-state index contributed by atoms with van der Waals surface area (Å²) in [5.74, 6) is 0.451. The standard InChI is InChI=1S/C10H15NO3.ClH/c1-14-9-4-2-3-7(10(9)13)8(11)5-6-12;/h2-4,8,12-13H,5-6,11H2,1H3;1H. The van der Waals surface area contributed by atoms with Gasteiger partial charge in [-0.05, 0) is 12.5 Å². The summed E-state index contributed by atoms with van der Waals surface area (Å²) in [7, 11) is 1.48. The SMILES string of the molecule is COc1cccc(C(N)CCO)c1O.Cl. The minimum atomic E-state index is -0.366. The molecule has 0 aliphatic carbocycles. The number of hydrogen-bond acceptors (Lipinski definition) is 4. The summed E-state index contributed by atoms with van der Waals surface area (Å²) in [5.41, 5.74) is 6.35. The molecule has 0 radical (unpaired) electrons. The van der Waals surface area contributed by atoms with Gasteiger partial charge in [-0.3, -0.25) is 0 Å². The molecule has 1 atom stereocenters. The molecule has 5 heteroatoms. The highest BCUT2D eigenvalue weighted by Gasteiger charge is 2.13. The highest BCUT2D eigenvalue weighted by atomic mass is 35.5. The maximum atomic E-state index is 9.70. The average Bonchev–Trinajstić information content (AvgIpc) is 2.18. The molecular formula is C10H16ClNO3. The second-order valence-electron chi connectivity index (χ2n) is 3.02. The van der Waals surface area contributed by atoms with Crippen LogP contribution < -0.4 is 10.5 Å². The Hall–Kier alpha value is -0.970. The number of aliphatic hydroxyl groups is 1. The molecular weight excluding hydrogens is 218 g/mol. The molecule has 4 nitrogen and oxygen atoms in total. The third-order valence-electron chi connectivity index (χ3n) is 2.09. The number of ether oxygens (including phenoxy) is 1. The molecule has 0 aliphatic rings. The molecule has 0 amide bonds. The largest absolute Gasteiger partial charge is 0.504 e. The second-order valence-corrected chi connectivity index (χ2v) is 3.02. The predicted octanol–water partition coefficient (Wildman–Crippen LogP) is 1.20. The van der Waals surface area contributed by atoms with Crippen molar-refractivity contribution in [1.82, 2.24) is 0 Å². The van der Waals surface area contributed by atoms with Crippen molar-refractivity contribution in [1.29, 1.82) is 0 Å². The molecule has 1 rings (SSSR count). The van der Waals surface area contributed by atoms with Gasteiger partial charge in [0.1, 0.15) is 0 Å². The van der Waals surface area contributed by atoms with Gasteiger partial charge in [0.15, 0.2) is 11.5 Å². The van der Waals surface area contributed by atoms with E-state index in [0.717, 1.165) is 0 Å². The first-order chi connectivity index (χ1) is 6.70. The van der Waals surface area contributed by atoms with Crippen molar-refractivity contribution in [3.05, 3.63) is 23.8 Å². The number of aromatic hydroxyl groups is 1. The van der Waals surface area contributed by atoms with E-state index in [9.17, 15) is 5.11 Å². The van der Waals surface area contributed by atoms with Crippen molar-refractivity contribution in [3.8, 4) is 11.5 Å². The molecule has 86 valence electrons. The molecule has 1 aromatic rings. The van der Waals surface area contributed by atoms with E-state index in [4.69, 9.17) is 15.6 Å². The molecule has 0 fully saturated rings. The first kappa shape index (κ1) is 14.0. The van der Waals surface area contributed by atoms with Gasteiger partial charge in [0.05, 0.1) is 7.11 Å². The van der Waals surface area contributed by atoms with Gasteiger partial charge >= 0.3 is 0 Å². The van der Waals surface area contributed by atoms with Gasteiger partial charge in [-0.15, -0.1) is 12.4 Å². The van der Waals surface area contributed by atoms with Crippen LogP contribution >= 0.6 is 12.4 Å².